The molecule has 0 unspecified atom stereocenters. The number of nitrogens with two attached hydrogens (primary N) is 1. The maximum Gasteiger partial charge on any atom is 0.271 e. The summed E-state index contributed by atoms with van der Waals surface area (Å²) in [6.07, 6.45) is 8.44. The number of ether oxygens (including phenoxy) is 1. The van der Waals surface area contributed by atoms with Crippen LogP contribution >= 0.6 is 12.4 Å². The summed E-state index contributed by atoms with van der Waals surface area (Å²) in [6.45, 7) is 2.70. The van der Waals surface area contributed by atoms with Gasteiger partial charge in [-0.2, -0.15) is 0 Å². The first-order valence-corrected chi connectivity index (χ1v) is 8.68. The molecule has 0 saturated heterocycles. The lowest BCUT2D eigenvalue weighted by Gasteiger charge is -2.24. The van der Waals surface area contributed by atoms with E-state index in [0.717, 1.165) is 38.5 Å². The van der Waals surface area contributed by atoms with Crippen molar-refractivity contribution in [1.29, 1.82) is 0 Å². The second-order valence-electron chi connectivity index (χ2n) is 6.21. The van der Waals surface area contributed by atoms with Crippen LogP contribution in [0, 0.1) is 0 Å². The third-order valence-electron chi connectivity index (χ3n) is 4.44. The molecule has 0 atom stereocenters. The van der Waals surface area contributed by atoms with Crippen molar-refractivity contribution in [2.75, 3.05) is 6.61 Å². The fraction of sp³-hybridized carbons (Fsp3) is 0.611. The van der Waals surface area contributed by atoms with E-state index in [0.29, 0.717) is 12.4 Å². The van der Waals surface area contributed by atoms with Crippen LogP contribution in [0.4, 0.5) is 0 Å². The number of unbranched alkanes of at least 4 members (excludes halogenated alkanes) is 3. The van der Waals surface area contributed by atoms with Gasteiger partial charge in [0, 0.05) is 6.04 Å². The molecule has 0 heterocycles. The van der Waals surface area contributed by atoms with E-state index in [4.69, 9.17) is 10.6 Å². The molecule has 6 heteroatoms. The van der Waals surface area contributed by atoms with Crippen molar-refractivity contribution in [2.24, 2.45) is 5.84 Å². The molecule has 1 fully saturated rings. The van der Waals surface area contributed by atoms with Gasteiger partial charge in [-0.1, -0.05) is 45.1 Å². The Morgan fingerprint density at radius 1 is 1.29 bits per heavy atom. The number of para-hydroxylation sites is 1. The van der Waals surface area contributed by atoms with E-state index in [1.165, 1.54) is 17.9 Å². The lowest BCUT2D eigenvalue weighted by molar-refractivity contribution is 0.0677. The largest absolute Gasteiger partial charge is 0.504 e. The molecule has 1 aliphatic carbocycles. The number of halogens is 1. The number of aromatic hydroxyl groups is 1. The Bertz CT molecular complexity index is 519. The third kappa shape index (κ3) is 5.28. The standard InChI is InChI=1S/C18H28N2O3.ClH/c1-2-3-4-7-13-23-16-12-8-11-15(17(16)21)18(22)20(19)14-9-5-6-10-14;/h8,11-12,14,21H,2-7,9-10,13,19H2,1H3;1H. The number of hydrogen-bond acceptors (Lipinski definition) is 4. The van der Waals surface area contributed by atoms with Gasteiger partial charge in [0.05, 0.1) is 12.2 Å². The number of nitrogens with zero attached hydrogens (tertiary/aromatic N) is 1. The summed E-state index contributed by atoms with van der Waals surface area (Å²) in [5.74, 6) is 5.86. The molecule has 1 amide bonds. The highest BCUT2D eigenvalue weighted by Gasteiger charge is 2.27. The minimum absolute atomic E-state index is 0. The van der Waals surface area contributed by atoms with E-state index >= 15 is 0 Å². The number of rotatable bonds is 8. The monoisotopic (exact) mass is 356 g/mol. The van der Waals surface area contributed by atoms with Gasteiger partial charge in [0.1, 0.15) is 0 Å². The fourth-order valence-electron chi connectivity index (χ4n) is 3.01. The van der Waals surface area contributed by atoms with Gasteiger partial charge < -0.3 is 9.84 Å². The Morgan fingerprint density at radius 2 is 2.00 bits per heavy atom. The summed E-state index contributed by atoms with van der Waals surface area (Å²) >= 11 is 0. The van der Waals surface area contributed by atoms with Gasteiger partial charge in [0.2, 0.25) is 0 Å². The second kappa shape index (κ2) is 10.4. The van der Waals surface area contributed by atoms with E-state index in [1.807, 2.05) is 0 Å². The Kier molecular flexibility index (Phi) is 8.93. The zero-order valence-corrected chi connectivity index (χ0v) is 15.2. The Labute approximate surface area is 150 Å². The Balaban J connectivity index is 0.00000288. The molecular formula is C18H29ClN2O3. The van der Waals surface area contributed by atoms with Crippen molar-refractivity contribution in [2.45, 2.75) is 64.3 Å². The van der Waals surface area contributed by atoms with Crippen molar-refractivity contribution in [3.05, 3.63) is 23.8 Å². The summed E-state index contributed by atoms with van der Waals surface area (Å²) in [6, 6.07) is 5.07. The normalized spacial score (nSPS) is 14.2. The number of phenols is 1. The summed E-state index contributed by atoms with van der Waals surface area (Å²) in [5, 5.41) is 11.6. The highest BCUT2D eigenvalue weighted by molar-refractivity contribution is 5.97. The zero-order chi connectivity index (χ0) is 16.7. The summed E-state index contributed by atoms with van der Waals surface area (Å²) in [4.78, 5) is 12.5. The first-order valence-electron chi connectivity index (χ1n) is 8.68. The van der Waals surface area contributed by atoms with Crippen LogP contribution in [0.1, 0.15) is 68.6 Å². The second-order valence-corrected chi connectivity index (χ2v) is 6.21. The van der Waals surface area contributed by atoms with Crippen LogP contribution in [-0.4, -0.2) is 28.7 Å². The highest BCUT2D eigenvalue weighted by Crippen LogP contribution is 2.32. The average molecular weight is 357 g/mol. The van der Waals surface area contributed by atoms with Gasteiger partial charge in [-0.3, -0.25) is 9.80 Å². The van der Waals surface area contributed by atoms with Crippen LogP contribution in [0.15, 0.2) is 18.2 Å². The maximum atomic E-state index is 12.5. The van der Waals surface area contributed by atoms with Crippen LogP contribution in [0.2, 0.25) is 0 Å². The van der Waals surface area contributed by atoms with Gasteiger partial charge >= 0.3 is 0 Å². The number of phenolic OH excluding ortho intramolecular Hbond substituents is 1. The summed E-state index contributed by atoms with van der Waals surface area (Å²) in [7, 11) is 0. The van der Waals surface area contributed by atoms with Gasteiger partial charge in [-0.05, 0) is 31.4 Å². The number of hydrazine groups is 1. The minimum atomic E-state index is -0.342. The van der Waals surface area contributed by atoms with Crippen LogP contribution in [0.3, 0.4) is 0 Å². The quantitative estimate of drug-likeness (QED) is 0.319. The molecule has 0 spiro atoms. The van der Waals surface area contributed by atoms with Crippen LogP contribution < -0.4 is 10.6 Å². The molecule has 1 saturated carbocycles. The Morgan fingerprint density at radius 3 is 2.67 bits per heavy atom. The number of amides is 1. The lowest BCUT2D eigenvalue weighted by atomic mass is 10.1. The molecule has 0 bridgehead atoms. The molecule has 0 radical (unpaired) electrons. The minimum Gasteiger partial charge on any atom is -0.504 e. The summed E-state index contributed by atoms with van der Waals surface area (Å²) < 4.78 is 5.62. The number of carbonyl (C=O) groups is 1. The molecule has 1 aromatic carbocycles. The molecule has 136 valence electrons. The van der Waals surface area contributed by atoms with E-state index in [2.05, 4.69) is 6.92 Å². The molecule has 24 heavy (non-hydrogen) atoms. The molecular weight excluding hydrogens is 328 g/mol. The molecule has 1 aliphatic rings. The topological polar surface area (TPSA) is 75.8 Å². The molecule has 0 aliphatic heterocycles. The van der Waals surface area contributed by atoms with Crippen LogP contribution in [0.25, 0.3) is 0 Å². The Hall–Kier alpha value is -1.46. The number of benzene rings is 1. The third-order valence-corrected chi connectivity index (χ3v) is 4.44. The molecule has 3 N–H and O–H groups in total. The maximum absolute atomic E-state index is 12.5. The molecule has 5 nitrogen and oxygen atoms in total. The van der Waals surface area contributed by atoms with E-state index in [-0.39, 0.29) is 35.7 Å². The van der Waals surface area contributed by atoms with Crippen molar-refractivity contribution in [3.8, 4) is 11.5 Å². The van der Waals surface area contributed by atoms with Gasteiger partial charge in [0.15, 0.2) is 11.5 Å². The van der Waals surface area contributed by atoms with Gasteiger partial charge in [0.25, 0.3) is 5.91 Å². The molecule has 0 aromatic heterocycles. The SMILES string of the molecule is CCCCCCOc1cccc(C(=O)N(N)C2CCCC2)c1O.Cl. The van der Waals surface area contributed by atoms with Crippen molar-refractivity contribution >= 4 is 18.3 Å². The number of hydrogen-bond donors (Lipinski definition) is 2. The van der Waals surface area contributed by atoms with E-state index in [1.54, 1.807) is 18.2 Å². The molecule has 1 aromatic rings. The summed E-state index contributed by atoms with van der Waals surface area (Å²) in [5.41, 5.74) is 0.213. The van der Waals surface area contributed by atoms with Crippen molar-refractivity contribution in [3.63, 3.8) is 0 Å². The highest BCUT2D eigenvalue weighted by atomic mass is 35.5. The van der Waals surface area contributed by atoms with E-state index < -0.39 is 0 Å². The fourth-order valence-corrected chi connectivity index (χ4v) is 3.01. The van der Waals surface area contributed by atoms with Gasteiger partial charge in [-0.15, -0.1) is 12.4 Å². The predicted octanol–water partition coefficient (Wildman–Crippen LogP) is 4.03. The average Bonchev–Trinajstić information content (AvgIpc) is 3.09. The predicted molar refractivity (Wildman–Crippen MR) is 97.6 cm³/mol. The van der Waals surface area contributed by atoms with Crippen molar-refractivity contribution in [1.82, 2.24) is 5.01 Å². The van der Waals surface area contributed by atoms with Crippen molar-refractivity contribution < 1.29 is 14.6 Å². The van der Waals surface area contributed by atoms with Crippen LogP contribution in [-0.2, 0) is 0 Å². The number of carbonyl (C=O) groups excluding carboxylic acids is 1. The first-order chi connectivity index (χ1) is 11.1. The molecule has 2 rings (SSSR count). The van der Waals surface area contributed by atoms with Gasteiger partial charge in [-0.25, -0.2) is 5.84 Å². The lowest BCUT2D eigenvalue weighted by Crippen LogP contribution is -2.44. The smallest absolute Gasteiger partial charge is 0.271 e. The zero-order valence-electron chi connectivity index (χ0n) is 14.4. The first kappa shape index (κ1) is 20.6. The van der Waals surface area contributed by atoms with Crippen LogP contribution in [0.5, 0.6) is 11.5 Å². The van der Waals surface area contributed by atoms with E-state index in [9.17, 15) is 9.90 Å².